The summed E-state index contributed by atoms with van der Waals surface area (Å²) in [4.78, 5) is 4.07. The Morgan fingerprint density at radius 2 is 1.90 bits per heavy atom. The van der Waals surface area contributed by atoms with Crippen LogP contribution >= 0.6 is 11.6 Å². The molecule has 0 unspecified atom stereocenters. The van der Waals surface area contributed by atoms with Gasteiger partial charge in [-0.25, -0.2) is 4.98 Å². The Labute approximate surface area is 122 Å². The maximum absolute atomic E-state index is 12.8. The first-order chi connectivity index (χ1) is 9.86. The average Bonchev–Trinajstić information content (AvgIpc) is 2.75. The molecule has 0 aliphatic rings. The molecule has 0 aliphatic heterocycles. The Morgan fingerprint density at radius 1 is 1.14 bits per heavy atom. The predicted molar refractivity (Wildman–Crippen MR) is 72.3 cm³/mol. The normalized spacial score (nSPS) is 12.0. The van der Waals surface area contributed by atoms with Crippen LogP contribution in [0.1, 0.15) is 5.56 Å². The van der Waals surface area contributed by atoms with Gasteiger partial charge in [-0.3, -0.25) is 4.40 Å². The molecular formula is C14H8ClF3N2O. The van der Waals surface area contributed by atoms with Crippen LogP contribution in [0.3, 0.4) is 0 Å². The highest BCUT2D eigenvalue weighted by molar-refractivity contribution is 6.32. The Hall–Kier alpha value is -2.21. The molecule has 0 saturated carbocycles. The van der Waals surface area contributed by atoms with Gasteiger partial charge in [0.05, 0.1) is 17.3 Å². The molecule has 3 rings (SSSR count). The van der Waals surface area contributed by atoms with Crippen molar-refractivity contribution in [3.8, 4) is 17.1 Å². The molecule has 0 spiro atoms. The van der Waals surface area contributed by atoms with Crippen LogP contribution in [0.25, 0.3) is 16.9 Å². The van der Waals surface area contributed by atoms with Gasteiger partial charge in [0.15, 0.2) is 5.15 Å². The maximum atomic E-state index is 12.8. The minimum Gasteiger partial charge on any atom is -0.506 e. The lowest BCUT2D eigenvalue weighted by molar-refractivity contribution is -0.137. The largest absolute Gasteiger partial charge is 0.506 e. The van der Waals surface area contributed by atoms with Crippen molar-refractivity contribution in [2.45, 2.75) is 6.18 Å². The highest BCUT2D eigenvalue weighted by atomic mass is 35.5. The molecule has 0 atom stereocenters. The van der Waals surface area contributed by atoms with Gasteiger partial charge in [0.1, 0.15) is 11.6 Å². The maximum Gasteiger partial charge on any atom is 0.416 e. The van der Waals surface area contributed by atoms with E-state index in [9.17, 15) is 18.3 Å². The highest BCUT2D eigenvalue weighted by Gasteiger charge is 2.30. The van der Waals surface area contributed by atoms with E-state index >= 15 is 0 Å². The number of rotatable bonds is 1. The molecule has 0 saturated heterocycles. The monoisotopic (exact) mass is 312 g/mol. The van der Waals surface area contributed by atoms with E-state index in [2.05, 4.69) is 4.98 Å². The minimum atomic E-state index is -4.44. The van der Waals surface area contributed by atoms with Crippen molar-refractivity contribution in [2.24, 2.45) is 0 Å². The second-order valence-electron chi connectivity index (χ2n) is 4.45. The Balaban J connectivity index is 2.23. The zero-order chi connectivity index (χ0) is 15.2. The van der Waals surface area contributed by atoms with Gasteiger partial charge >= 0.3 is 6.18 Å². The topological polar surface area (TPSA) is 37.5 Å². The minimum absolute atomic E-state index is 0.0372. The van der Waals surface area contributed by atoms with Crippen molar-refractivity contribution in [3.05, 3.63) is 53.3 Å². The number of fused-ring (bicyclic) bond motifs is 1. The zero-order valence-electron chi connectivity index (χ0n) is 10.4. The van der Waals surface area contributed by atoms with Crippen LogP contribution in [0.4, 0.5) is 13.2 Å². The van der Waals surface area contributed by atoms with E-state index in [1.807, 2.05) is 0 Å². The van der Waals surface area contributed by atoms with Gasteiger partial charge in [-0.05, 0) is 24.3 Å². The summed E-state index contributed by atoms with van der Waals surface area (Å²) in [5.74, 6) is 0.196. The molecule has 0 fully saturated rings. The smallest absolute Gasteiger partial charge is 0.416 e. The van der Waals surface area contributed by atoms with Crippen molar-refractivity contribution in [1.82, 2.24) is 9.38 Å². The first-order valence-electron chi connectivity index (χ1n) is 5.90. The lowest BCUT2D eigenvalue weighted by Gasteiger charge is -2.08. The number of halogens is 4. The van der Waals surface area contributed by atoms with Crippen LogP contribution in [0.5, 0.6) is 5.75 Å². The molecule has 21 heavy (non-hydrogen) atoms. The van der Waals surface area contributed by atoms with Gasteiger partial charge in [0, 0.05) is 5.56 Å². The Morgan fingerprint density at radius 3 is 2.62 bits per heavy atom. The summed E-state index contributed by atoms with van der Waals surface area (Å²) in [5.41, 5.74) is -0.00720. The van der Waals surface area contributed by atoms with E-state index in [1.165, 1.54) is 28.8 Å². The van der Waals surface area contributed by atoms with Gasteiger partial charge in [-0.1, -0.05) is 23.7 Å². The standard InChI is InChI=1S/C14H8ClF3N2O/c15-12-11-5-4-10(21)7-20(11)13(19-12)8-2-1-3-9(6-8)14(16,17)18/h1-7,21H. The van der Waals surface area contributed by atoms with Gasteiger partial charge in [0.2, 0.25) is 0 Å². The summed E-state index contributed by atoms with van der Waals surface area (Å²) in [6.45, 7) is 0. The number of benzene rings is 1. The second-order valence-corrected chi connectivity index (χ2v) is 4.81. The third-order valence-electron chi connectivity index (χ3n) is 3.02. The van der Waals surface area contributed by atoms with E-state index in [0.717, 1.165) is 12.1 Å². The van der Waals surface area contributed by atoms with E-state index in [0.29, 0.717) is 5.52 Å². The molecule has 1 aromatic carbocycles. The molecule has 3 aromatic rings. The number of alkyl halides is 3. The molecule has 0 bridgehead atoms. The molecule has 1 N–H and O–H groups in total. The number of imidazole rings is 1. The molecule has 0 aliphatic carbocycles. The summed E-state index contributed by atoms with van der Waals surface area (Å²) < 4.78 is 39.8. The Kier molecular flexibility index (Phi) is 3.06. The van der Waals surface area contributed by atoms with Gasteiger partial charge in [-0.15, -0.1) is 0 Å². The predicted octanol–water partition coefficient (Wildman–Crippen LogP) is 4.38. The van der Waals surface area contributed by atoms with Crippen LogP contribution in [0.15, 0.2) is 42.6 Å². The molecule has 108 valence electrons. The van der Waals surface area contributed by atoms with Crippen LogP contribution in [0, 0.1) is 0 Å². The SMILES string of the molecule is Oc1ccc2c(Cl)nc(-c3cccc(C(F)(F)F)c3)n2c1. The van der Waals surface area contributed by atoms with Crippen LogP contribution in [0.2, 0.25) is 5.15 Å². The number of hydrogen-bond acceptors (Lipinski definition) is 2. The molecule has 2 aromatic heterocycles. The molecule has 7 heteroatoms. The van der Waals surface area contributed by atoms with E-state index in [4.69, 9.17) is 11.6 Å². The van der Waals surface area contributed by atoms with Crippen molar-refractivity contribution < 1.29 is 18.3 Å². The van der Waals surface area contributed by atoms with Gasteiger partial charge < -0.3 is 5.11 Å². The number of aromatic hydroxyl groups is 1. The van der Waals surface area contributed by atoms with Crippen molar-refractivity contribution in [3.63, 3.8) is 0 Å². The summed E-state index contributed by atoms with van der Waals surface area (Å²) in [6, 6.07) is 7.76. The zero-order valence-corrected chi connectivity index (χ0v) is 11.2. The van der Waals surface area contributed by atoms with E-state index in [1.54, 1.807) is 6.07 Å². The van der Waals surface area contributed by atoms with Crippen molar-refractivity contribution in [2.75, 3.05) is 0 Å². The van der Waals surface area contributed by atoms with Gasteiger partial charge in [-0.2, -0.15) is 13.2 Å². The fourth-order valence-corrected chi connectivity index (χ4v) is 2.31. The fraction of sp³-hybridized carbons (Fsp3) is 0.0714. The lowest BCUT2D eigenvalue weighted by Crippen LogP contribution is -2.04. The van der Waals surface area contributed by atoms with Crippen LogP contribution in [-0.4, -0.2) is 14.5 Å². The second kappa shape index (κ2) is 4.66. The number of hydrogen-bond donors (Lipinski definition) is 1. The highest BCUT2D eigenvalue weighted by Crippen LogP contribution is 2.33. The molecular weight excluding hydrogens is 305 g/mol. The van der Waals surface area contributed by atoms with Crippen LogP contribution < -0.4 is 0 Å². The van der Waals surface area contributed by atoms with Crippen molar-refractivity contribution >= 4 is 17.1 Å². The summed E-state index contributed by atoms with van der Waals surface area (Å²) in [7, 11) is 0. The molecule has 2 heterocycles. The lowest BCUT2D eigenvalue weighted by atomic mass is 10.1. The number of nitrogens with zero attached hydrogens (tertiary/aromatic N) is 2. The Bertz CT molecular complexity index is 827. The van der Waals surface area contributed by atoms with Crippen LogP contribution in [-0.2, 0) is 6.18 Å². The first-order valence-corrected chi connectivity index (χ1v) is 6.28. The van der Waals surface area contributed by atoms with Crippen molar-refractivity contribution in [1.29, 1.82) is 0 Å². The van der Waals surface area contributed by atoms with E-state index < -0.39 is 11.7 Å². The number of pyridine rings is 1. The third-order valence-corrected chi connectivity index (χ3v) is 3.30. The van der Waals surface area contributed by atoms with Gasteiger partial charge in [0.25, 0.3) is 0 Å². The summed E-state index contributed by atoms with van der Waals surface area (Å²) in [5, 5.41) is 9.68. The number of aromatic nitrogens is 2. The average molecular weight is 313 g/mol. The molecule has 0 radical (unpaired) electrons. The summed E-state index contributed by atoms with van der Waals surface area (Å²) in [6.07, 6.45) is -3.08. The summed E-state index contributed by atoms with van der Waals surface area (Å²) >= 11 is 5.97. The third kappa shape index (κ3) is 2.42. The van der Waals surface area contributed by atoms with E-state index in [-0.39, 0.29) is 22.3 Å². The molecule has 0 amide bonds. The quantitative estimate of drug-likeness (QED) is 0.724. The fourth-order valence-electron chi connectivity index (χ4n) is 2.08. The molecule has 3 nitrogen and oxygen atoms in total. The first kappa shape index (κ1) is 13.8.